The second-order valence-corrected chi connectivity index (χ2v) is 5.30. The predicted molar refractivity (Wildman–Crippen MR) is 91.3 cm³/mol. The number of esters is 1. The smallest absolute Gasteiger partial charge is 0.338 e. The molecule has 0 heterocycles. The number of methoxy groups -OCH3 is 1. The Kier molecular flexibility index (Phi) is 8.55. The number of benzene rings is 1. The number of imide groups is 1. The monoisotopic (exact) mass is 372 g/mol. The molecule has 0 radical (unpaired) electrons. The molecule has 138 valence electrons. The van der Waals surface area contributed by atoms with Crippen molar-refractivity contribution in [1.29, 1.82) is 0 Å². The first kappa shape index (κ1) is 20.6. The molecule has 0 aliphatic carbocycles. The molecular formula is C16H21ClN2O6. The van der Waals surface area contributed by atoms with Gasteiger partial charge in [-0.15, -0.1) is 0 Å². The number of urea groups is 1. The Morgan fingerprint density at radius 2 is 1.96 bits per heavy atom. The van der Waals surface area contributed by atoms with Gasteiger partial charge in [-0.1, -0.05) is 24.9 Å². The first-order valence-electron chi connectivity index (χ1n) is 7.61. The van der Waals surface area contributed by atoms with Crippen molar-refractivity contribution in [2.45, 2.75) is 19.8 Å². The Labute approximate surface area is 150 Å². The molecule has 0 unspecified atom stereocenters. The molecule has 1 aromatic rings. The van der Waals surface area contributed by atoms with Gasteiger partial charge in [-0.2, -0.15) is 0 Å². The quantitative estimate of drug-likeness (QED) is 0.535. The molecule has 1 rings (SSSR count). The minimum absolute atomic E-state index is 0.0948. The summed E-state index contributed by atoms with van der Waals surface area (Å²) in [6.07, 6.45) is 1.81. The van der Waals surface area contributed by atoms with Crippen LogP contribution in [-0.4, -0.2) is 45.3 Å². The zero-order valence-electron chi connectivity index (χ0n) is 14.3. The summed E-state index contributed by atoms with van der Waals surface area (Å²) in [7, 11) is 2.78. The lowest BCUT2D eigenvalue weighted by molar-refractivity contribution is -0.123. The van der Waals surface area contributed by atoms with E-state index < -0.39 is 24.5 Å². The van der Waals surface area contributed by atoms with Crippen LogP contribution in [0.2, 0.25) is 5.02 Å². The fourth-order valence-electron chi connectivity index (χ4n) is 1.74. The fourth-order valence-corrected chi connectivity index (χ4v) is 2.00. The second-order valence-electron chi connectivity index (χ2n) is 4.89. The SMILES string of the molecule is CCCCOc1c(Cl)cc(C(=O)OCC(=O)NC(=O)NC)cc1OC. The van der Waals surface area contributed by atoms with E-state index in [9.17, 15) is 14.4 Å². The molecule has 8 nitrogen and oxygen atoms in total. The van der Waals surface area contributed by atoms with Crippen molar-refractivity contribution in [2.75, 3.05) is 27.4 Å². The fraction of sp³-hybridized carbons (Fsp3) is 0.438. The van der Waals surface area contributed by atoms with Gasteiger partial charge in [0.15, 0.2) is 18.1 Å². The van der Waals surface area contributed by atoms with E-state index in [-0.39, 0.29) is 16.3 Å². The minimum Gasteiger partial charge on any atom is -0.493 e. The summed E-state index contributed by atoms with van der Waals surface area (Å²) in [6.45, 7) is 1.89. The third-order valence-electron chi connectivity index (χ3n) is 3.02. The van der Waals surface area contributed by atoms with Gasteiger partial charge in [-0.05, 0) is 18.6 Å². The lowest BCUT2D eigenvalue weighted by atomic mass is 10.2. The van der Waals surface area contributed by atoms with E-state index in [0.29, 0.717) is 12.4 Å². The Balaban J connectivity index is 2.77. The molecule has 0 saturated carbocycles. The van der Waals surface area contributed by atoms with Gasteiger partial charge in [0.2, 0.25) is 0 Å². The Morgan fingerprint density at radius 3 is 2.56 bits per heavy atom. The molecule has 2 N–H and O–H groups in total. The first-order valence-corrected chi connectivity index (χ1v) is 7.99. The van der Waals surface area contributed by atoms with Crippen LogP contribution < -0.4 is 20.1 Å². The number of ether oxygens (including phenoxy) is 3. The number of carbonyl (C=O) groups excluding carboxylic acids is 3. The lowest BCUT2D eigenvalue weighted by Gasteiger charge is -2.13. The van der Waals surface area contributed by atoms with Crippen molar-refractivity contribution in [3.63, 3.8) is 0 Å². The van der Waals surface area contributed by atoms with E-state index in [4.69, 9.17) is 25.8 Å². The molecule has 25 heavy (non-hydrogen) atoms. The number of amides is 3. The van der Waals surface area contributed by atoms with E-state index in [1.54, 1.807) is 0 Å². The largest absolute Gasteiger partial charge is 0.493 e. The molecule has 0 atom stereocenters. The zero-order chi connectivity index (χ0) is 18.8. The van der Waals surface area contributed by atoms with Crippen molar-refractivity contribution in [3.8, 4) is 11.5 Å². The van der Waals surface area contributed by atoms with Crippen LogP contribution in [0.3, 0.4) is 0 Å². The first-order chi connectivity index (χ1) is 11.9. The lowest BCUT2D eigenvalue weighted by Crippen LogP contribution is -2.39. The molecule has 0 aromatic heterocycles. The maximum atomic E-state index is 12.0. The molecule has 1 aromatic carbocycles. The number of hydrogen-bond donors (Lipinski definition) is 2. The van der Waals surface area contributed by atoms with E-state index in [1.807, 2.05) is 12.2 Å². The van der Waals surface area contributed by atoms with E-state index >= 15 is 0 Å². The van der Waals surface area contributed by atoms with Crippen LogP contribution in [0.1, 0.15) is 30.1 Å². The second kappa shape index (κ2) is 10.4. The summed E-state index contributed by atoms with van der Waals surface area (Å²) in [6, 6.07) is 2.08. The van der Waals surface area contributed by atoms with Crippen LogP contribution in [0.15, 0.2) is 12.1 Å². The molecule has 3 amide bonds. The summed E-state index contributed by atoms with van der Waals surface area (Å²) in [5.74, 6) is -0.922. The molecule has 0 bridgehead atoms. The summed E-state index contributed by atoms with van der Waals surface area (Å²) >= 11 is 6.14. The molecule has 0 saturated heterocycles. The van der Waals surface area contributed by atoms with Gasteiger partial charge in [0.1, 0.15) is 0 Å². The Morgan fingerprint density at radius 1 is 1.24 bits per heavy atom. The Bertz CT molecular complexity index is 635. The van der Waals surface area contributed by atoms with Gasteiger partial charge < -0.3 is 19.5 Å². The maximum Gasteiger partial charge on any atom is 0.338 e. The van der Waals surface area contributed by atoms with Gasteiger partial charge in [-0.25, -0.2) is 9.59 Å². The van der Waals surface area contributed by atoms with Crippen LogP contribution in [0.5, 0.6) is 11.5 Å². The van der Waals surface area contributed by atoms with Crippen molar-refractivity contribution in [1.82, 2.24) is 10.6 Å². The van der Waals surface area contributed by atoms with Crippen LogP contribution in [-0.2, 0) is 9.53 Å². The van der Waals surface area contributed by atoms with Gasteiger partial charge >= 0.3 is 12.0 Å². The van der Waals surface area contributed by atoms with Crippen LogP contribution in [0.4, 0.5) is 4.79 Å². The number of nitrogens with one attached hydrogen (secondary N) is 2. The van der Waals surface area contributed by atoms with Crippen LogP contribution in [0.25, 0.3) is 0 Å². The molecule has 0 fully saturated rings. The Hall–Kier alpha value is -2.48. The van der Waals surface area contributed by atoms with Crippen molar-refractivity contribution >= 4 is 29.5 Å². The van der Waals surface area contributed by atoms with Gasteiger partial charge in [-0.3, -0.25) is 10.1 Å². The summed E-state index contributed by atoms with van der Waals surface area (Å²) in [5, 5.41) is 4.37. The summed E-state index contributed by atoms with van der Waals surface area (Å²) in [5.41, 5.74) is 0.0948. The van der Waals surface area contributed by atoms with Crippen molar-refractivity contribution in [2.24, 2.45) is 0 Å². The molecule has 0 aliphatic heterocycles. The standard InChI is InChI=1S/C16H21ClN2O6/c1-4-5-6-24-14-11(17)7-10(8-12(14)23-3)15(21)25-9-13(20)19-16(22)18-2/h7-8H,4-6,9H2,1-3H3,(H2,18,19,20,22). The van der Waals surface area contributed by atoms with E-state index in [0.717, 1.165) is 12.8 Å². The number of carbonyl (C=O) groups is 3. The average molecular weight is 373 g/mol. The van der Waals surface area contributed by atoms with E-state index in [2.05, 4.69) is 5.32 Å². The highest BCUT2D eigenvalue weighted by atomic mass is 35.5. The molecular weight excluding hydrogens is 352 g/mol. The molecule has 0 aliphatic rings. The maximum absolute atomic E-state index is 12.0. The number of unbranched alkanes of at least 4 members (excludes halogenated alkanes) is 1. The number of rotatable bonds is 8. The third-order valence-corrected chi connectivity index (χ3v) is 3.30. The third kappa shape index (κ3) is 6.50. The number of halogens is 1. The van der Waals surface area contributed by atoms with Crippen LogP contribution >= 0.6 is 11.6 Å². The van der Waals surface area contributed by atoms with Crippen molar-refractivity contribution < 1.29 is 28.6 Å². The predicted octanol–water partition coefficient (Wildman–Crippen LogP) is 2.14. The van der Waals surface area contributed by atoms with E-state index in [1.165, 1.54) is 26.3 Å². The van der Waals surface area contributed by atoms with Gasteiger partial charge in [0.25, 0.3) is 5.91 Å². The highest BCUT2D eigenvalue weighted by Crippen LogP contribution is 2.36. The summed E-state index contributed by atoms with van der Waals surface area (Å²) in [4.78, 5) is 34.4. The normalized spacial score (nSPS) is 9.92. The minimum atomic E-state index is -0.785. The van der Waals surface area contributed by atoms with Gasteiger partial charge in [0, 0.05) is 7.05 Å². The highest BCUT2D eigenvalue weighted by Gasteiger charge is 2.18. The van der Waals surface area contributed by atoms with Gasteiger partial charge in [0.05, 0.1) is 24.3 Å². The van der Waals surface area contributed by atoms with Crippen molar-refractivity contribution in [3.05, 3.63) is 22.7 Å². The summed E-state index contributed by atoms with van der Waals surface area (Å²) < 4.78 is 15.6. The van der Waals surface area contributed by atoms with Crippen LogP contribution in [0, 0.1) is 0 Å². The topological polar surface area (TPSA) is 103 Å². The highest BCUT2D eigenvalue weighted by molar-refractivity contribution is 6.32. The zero-order valence-corrected chi connectivity index (χ0v) is 15.1. The molecule has 0 spiro atoms. The number of hydrogen-bond acceptors (Lipinski definition) is 6. The molecule has 9 heteroatoms. The average Bonchev–Trinajstić information content (AvgIpc) is 2.60.